The van der Waals surface area contributed by atoms with Crippen molar-refractivity contribution in [2.24, 2.45) is 11.1 Å². The highest BCUT2D eigenvalue weighted by molar-refractivity contribution is 7.99. The molecule has 2 aliphatic heterocycles. The first-order valence-electron chi connectivity index (χ1n) is 9.87. The number of aromatic nitrogens is 5. The number of nitrogens with zero attached hydrogens (tertiary/aromatic N) is 6. The Hall–Kier alpha value is -2.14. The number of rotatable bonds is 3. The van der Waals surface area contributed by atoms with Gasteiger partial charge in [0.05, 0.1) is 22.6 Å². The number of piperidine rings is 1. The molecule has 0 unspecified atom stereocenters. The topological polar surface area (TPSA) is 120 Å². The van der Waals surface area contributed by atoms with Gasteiger partial charge in [-0.05, 0) is 25.8 Å². The number of hydrogen-bond acceptors (Lipinski definition) is 9. The smallest absolute Gasteiger partial charge is 0.212 e. The molecule has 11 heteroatoms. The van der Waals surface area contributed by atoms with Crippen molar-refractivity contribution >= 4 is 40.8 Å². The molecule has 30 heavy (non-hydrogen) atoms. The SMILES string of the molecule is C[C@@H]1OCC2(CCN(c3ncc(Sc4cc(N)ncc4Cl)c4nncn34)CC2)[C@@H]1N. The summed E-state index contributed by atoms with van der Waals surface area (Å²) in [6, 6.07) is 1.82. The van der Waals surface area contributed by atoms with Crippen LogP contribution in [0.15, 0.2) is 34.6 Å². The Labute approximate surface area is 183 Å². The Balaban J connectivity index is 1.40. The highest BCUT2D eigenvalue weighted by Crippen LogP contribution is 2.42. The standard InChI is InChI=1S/C19H23ClN8OS/c1-11-16(22)19(9-29-11)2-4-27(5-3-19)18-24-8-14(17-26-25-10-28(17)18)30-13-6-15(21)23-7-12(13)20/h6-8,10-11,16H,2-5,9,22H2,1H3,(H2,21,23)/t11-,16+/m0/s1. The van der Waals surface area contributed by atoms with E-state index in [1.54, 1.807) is 18.6 Å². The van der Waals surface area contributed by atoms with Crippen molar-refractivity contribution in [3.05, 3.63) is 29.8 Å². The summed E-state index contributed by atoms with van der Waals surface area (Å²) in [5.41, 5.74) is 13.1. The second kappa shape index (κ2) is 7.52. The zero-order chi connectivity index (χ0) is 20.9. The molecule has 2 saturated heterocycles. The monoisotopic (exact) mass is 446 g/mol. The molecule has 0 bridgehead atoms. The molecule has 3 aromatic heterocycles. The van der Waals surface area contributed by atoms with E-state index in [2.05, 4.69) is 27.0 Å². The summed E-state index contributed by atoms with van der Waals surface area (Å²) in [6.07, 6.45) is 7.13. The van der Waals surface area contributed by atoms with Crippen LogP contribution in [0.25, 0.3) is 5.65 Å². The van der Waals surface area contributed by atoms with E-state index in [0.29, 0.717) is 10.8 Å². The van der Waals surface area contributed by atoms with Crippen molar-refractivity contribution in [1.29, 1.82) is 0 Å². The van der Waals surface area contributed by atoms with Crippen LogP contribution in [0, 0.1) is 5.41 Å². The lowest BCUT2D eigenvalue weighted by Gasteiger charge is -2.41. The number of fused-ring (bicyclic) bond motifs is 1. The largest absolute Gasteiger partial charge is 0.384 e. The van der Waals surface area contributed by atoms with Crippen LogP contribution in [0.3, 0.4) is 0 Å². The first kappa shape index (κ1) is 19.8. The highest BCUT2D eigenvalue weighted by atomic mass is 35.5. The van der Waals surface area contributed by atoms with E-state index < -0.39 is 0 Å². The number of ether oxygens (including phenoxy) is 1. The molecule has 4 N–H and O–H groups in total. The third-order valence-corrected chi connectivity index (χ3v) is 7.71. The molecule has 5 rings (SSSR count). The summed E-state index contributed by atoms with van der Waals surface area (Å²) < 4.78 is 7.76. The minimum Gasteiger partial charge on any atom is -0.384 e. The minimum absolute atomic E-state index is 0.0655. The summed E-state index contributed by atoms with van der Waals surface area (Å²) >= 11 is 7.72. The van der Waals surface area contributed by atoms with Crippen molar-refractivity contribution in [2.75, 3.05) is 30.3 Å². The van der Waals surface area contributed by atoms with Crippen LogP contribution in [-0.4, -0.2) is 56.4 Å². The van der Waals surface area contributed by atoms with Gasteiger partial charge in [0.15, 0.2) is 5.65 Å². The van der Waals surface area contributed by atoms with Crippen LogP contribution < -0.4 is 16.4 Å². The number of nitrogen functional groups attached to an aromatic ring is 1. The van der Waals surface area contributed by atoms with Crippen LogP contribution >= 0.6 is 23.4 Å². The normalized spacial score (nSPS) is 23.5. The van der Waals surface area contributed by atoms with Crippen molar-refractivity contribution in [3.8, 4) is 0 Å². The molecular formula is C19H23ClN8OS. The molecule has 0 aromatic carbocycles. The quantitative estimate of drug-likeness (QED) is 0.623. The third kappa shape index (κ3) is 3.27. The van der Waals surface area contributed by atoms with Gasteiger partial charge in [-0.15, -0.1) is 10.2 Å². The fourth-order valence-corrected chi connectivity index (χ4v) is 5.47. The Morgan fingerprint density at radius 2 is 2.03 bits per heavy atom. The molecule has 5 heterocycles. The van der Waals surface area contributed by atoms with Gasteiger partial charge in [-0.2, -0.15) is 0 Å². The third-order valence-electron chi connectivity index (χ3n) is 6.23. The van der Waals surface area contributed by atoms with Gasteiger partial charge in [0.2, 0.25) is 5.95 Å². The van der Waals surface area contributed by atoms with E-state index in [1.165, 1.54) is 11.8 Å². The van der Waals surface area contributed by atoms with Gasteiger partial charge in [-0.3, -0.25) is 0 Å². The molecule has 158 valence electrons. The Kier molecular flexibility index (Phi) is 4.97. The van der Waals surface area contributed by atoms with Gasteiger partial charge in [0.25, 0.3) is 0 Å². The Morgan fingerprint density at radius 3 is 2.77 bits per heavy atom. The maximum absolute atomic E-state index is 6.45. The van der Waals surface area contributed by atoms with Crippen LogP contribution in [0.1, 0.15) is 19.8 Å². The molecule has 2 fully saturated rings. The van der Waals surface area contributed by atoms with Crippen LogP contribution in [0.4, 0.5) is 11.8 Å². The number of nitrogens with two attached hydrogens (primary N) is 2. The summed E-state index contributed by atoms with van der Waals surface area (Å²) in [5.74, 6) is 1.24. The van der Waals surface area contributed by atoms with E-state index in [9.17, 15) is 0 Å². The van der Waals surface area contributed by atoms with Crippen LogP contribution in [0.5, 0.6) is 0 Å². The Morgan fingerprint density at radius 1 is 1.23 bits per heavy atom. The zero-order valence-electron chi connectivity index (χ0n) is 16.5. The lowest BCUT2D eigenvalue weighted by atomic mass is 9.73. The van der Waals surface area contributed by atoms with Crippen molar-refractivity contribution in [1.82, 2.24) is 24.6 Å². The van der Waals surface area contributed by atoms with Gasteiger partial charge >= 0.3 is 0 Å². The minimum atomic E-state index is 0.0655. The van der Waals surface area contributed by atoms with E-state index in [1.807, 2.05) is 10.6 Å². The number of pyridine rings is 1. The predicted molar refractivity (Wildman–Crippen MR) is 116 cm³/mol. The predicted octanol–water partition coefficient (Wildman–Crippen LogP) is 2.24. The van der Waals surface area contributed by atoms with E-state index in [4.69, 9.17) is 32.8 Å². The molecule has 0 aliphatic carbocycles. The van der Waals surface area contributed by atoms with Crippen LogP contribution in [0.2, 0.25) is 5.02 Å². The van der Waals surface area contributed by atoms with Gasteiger partial charge in [0, 0.05) is 41.8 Å². The molecule has 2 atom stereocenters. The Bertz CT molecular complexity index is 1080. The zero-order valence-corrected chi connectivity index (χ0v) is 18.1. The lowest BCUT2D eigenvalue weighted by Crippen LogP contribution is -2.51. The number of hydrogen-bond donors (Lipinski definition) is 2. The molecule has 0 radical (unpaired) electrons. The van der Waals surface area contributed by atoms with Gasteiger partial charge in [-0.25, -0.2) is 14.4 Å². The first-order chi connectivity index (χ1) is 14.5. The van der Waals surface area contributed by atoms with Crippen LogP contribution in [-0.2, 0) is 4.74 Å². The average Bonchev–Trinajstić information content (AvgIpc) is 3.34. The van der Waals surface area contributed by atoms with Crippen molar-refractivity contribution in [2.45, 2.75) is 41.7 Å². The number of anilines is 2. The molecule has 0 saturated carbocycles. The van der Waals surface area contributed by atoms with E-state index in [-0.39, 0.29) is 17.6 Å². The van der Waals surface area contributed by atoms with Gasteiger partial charge < -0.3 is 21.1 Å². The van der Waals surface area contributed by atoms with Gasteiger partial charge in [0.1, 0.15) is 12.1 Å². The summed E-state index contributed by atoms with van der Waals surface area (Å²) in [4.78, 5) is 12.7. The summed E-state index contributed by atoms with van der Waals surface area (Å²) in [6.45, 7) is 4.53. The molecule has 2 aliphatic rings. The summed E-state index contributed by atoms with van der Waals surface area (Å²) in [5, 5.41) is 8.96. The van der Waals surface area contributed by atoms with Crippen molar-refractivity contribution < 1.29 is 4.74 Å². The molecule has 9 nitrogen and oxygen atoms in total. The summed E-state index contributed by atoms with van der Waals surface area (Å²) in [7, 11) is 0. The maximum atomic E-state index is 6.45. The highest BCUT2D eigenvalue weighted by Gasteiger charge is 2.47. The van der Waals surface area contributed by atoms with Gasteiger partial charge in [-0.1, -0.05) is 23.4 Å². The van der Waals surface area contributed by atoms with E-state index in [0.717, 1.165) is 53.9 Å². The second-order valence-corrected chi connectivity index (χ2v) is 9.47. The second-order valence-electron chi connectivity index (χ2n) is 7.98. The average molecular weight is 447 g/mol. The maximum Gasteiger partial charge on any atom is 0.212 e. The van der Waals surface area contributed by atoms with Crippen molar-refractivity contribution in [3.63, 3.8) is 0 Å². The molecule has 3 aromatic rings. The fourth-order valence-electron chi connectivity index (χ4n) is 4.35. The lowest BCUT2D eigenvalue weighted by molar-refractivity contribution is 0.0973. The van der Waals surface area contributed by atoms with E-state index >= 15 is 0 Å². The fraction of sp³-hybridized carbons (Fsp3) is 0.474. The number of halogens is 1. The first-order valence-corrected chi connectivity index (χ1v) is 11.1. The molecule has 1 spiro atoms. The molecular weight excluding hydrogens is 424 g/mol. The molecule has 0 amide bonds.